The number of benzene rings is 1. The highest BCUT2D eigenvalue weighted by Gasteiger charge is 2.19. The van der Waals surface area contributed by atoms with Gasteiger partial charge in [-0.2, -0.15) is 0 Å². The Bertz CT molecular complexity index is 841. The van der Waals surface area contributed by atoms with Gasteiger partial charge in [-0.3, -0.25) is 9.97 Å². The molecule has 0 spiro atoms. The zero-order chi connectivity index (χ0) is 18.5. The van der Waals surface area contributed by atoms with Gasteiger partial charge in [0.1, 0.15) is 11.0 Å². The summed E-state index contributed by atoms with van der Waals surface area (Å²) in [5.41, 5.74) is 1.65. The lowest BCUT2D eigenvalue weighted by Crippen LogP contribution is -2.04. The van der Waals surface area contributed by atoms with Crippen molar-refractivity contribution in [1.29, 1.82) is 0 Å². The average Bonchev–Trinajstić information content (AvgIpc) is 2.63. The second-order valence-corrected chi connectivity index (χ2v) is 7.99. The van der Waals surface area contributed by atoms with Crippen molar-refractivity contribution < 1.29 is 9.47 Å². The molecule has 2 aromatic heterocycles. The predicted octanol–water partition coefficient (Wildman–Crippen LogP) is 6.67. The number of pyridine rings is 2. The highest BCUT2D eigenvalue weighted by molar-refractivity contribution is 9.10. The van der Waals surface area contributed by atoms with E-state index in [0.717, 1.165) is 67.9 Å². The molecule has 0 bridgehead atoms. The summed E-state index contributed by atoms with van der Waals surface area (Å²) in [5, 5.41) is 1.84. The number of ether oxygens (including phenoxy) is 2. The molecule has 1 aromatic carbocycles. The van der Waals surface area contributed by atoms with E-state index in [1.54, 1.807) is 12.4 Å². The number of unbranched alkanes of at least 4 members (excludes halogenated alkanes) is 2. The first-order chi connectivity index (χ1) is 12.7. The first-order valence-electron chi connectivity index (χ1n) is 8.97. The van der Waals surface area contributed by atoms with Crippen molar-refractivity contribution in [1.82, 2.24) is 9.97 Å². The van der Waals surface area contributed by atoms with Gasteiger partial charge < -0.3 is 9.47 Å². The maximum Gasteiger partial charge on any atom is 0.171 e. The molecular weight excluding hydrogens is 460 g/mol. The van der Waals surface area contributed by atoms with Crippen LogP contribution in [-0.2, 0) is 0 Å². The summed E-state index contributed by atoms with van der Waals surface area (Å²) >= 11 is 7.05. The second kappa shape index (κ2) is 9.00. The molecule has 26 heavy (non-hydrogen) atoms. The molecule has 4 nitrogen and oxygen atoms in total. The third kappa shape index (κ3) is 4.12. The molecule has 3 rings (SSSR count). The standard InChI is InChI=1S/C20H22Br2N2O2/c1-3-5-7-25-19-15-9-13(21)11-23-17(15)18-16(10-14(22)12-24-18)20(19)26-8-6-4-2/h9-12H,3-8H2,1-2H3. The van der Waals surface area contributed by atoms with E-state index >= 15 is 0 Å². The van der Waals surface area contributed by atoms with Gasteiger partial charge in [-0.15, -0.1) is 0 Å². The number of hydrogen-bond donors (Lipinski definition) is 0. The van der Waals surface area contributed by atoms with Crippen LogP contribution < -0.4 is 9.47 Å². The molecule has 6 heteroatoms. The molecule has 0 aliphatic rings. The predicted molar refractivity (Wildman–Crippen MR) is 113 cm³/mol. The first-order valence-corrected chi connectivity index (χ1v) is 10.6. The lowest BCUT2D eigenvalue weighted by Gasteiger charge is -2.18. The fourth-order valence-electron chi connectivity index (χ4n) is 2.77. The SMILES string of the molecule is CCCCOc1c(OCCCC)c2cc(Br)cnc2c2ncc(Br)cc12. The lowest BCUT2D eigenvalue weighted by atomic mass is 10.1. The molecule has 0 saturated carbocycles. The monoisotopic (exact) mass is 480 g/mol. The molecular formula is C20H22Br2N2O2. The smallest absolute Gasteiger partial charge is 0.171 e. The molecule has 0 aliphatic heterocycles. The Hall–Kier alpha value is -1.40. The molecule has 0 atom stereocenters. The molecule has 0 radical (unpaired) electrons. The zero-order valence-corrected chi connectivity index (χ0v) is 18.2. The van der Waals surface area contributed by atoms with Crippen LogP contribution in [0.25, 0.3) is 21.8 Å². The average molecular weight is 482 g/mol. The van der Waals surface area contributed by atoms with Crippen molar-refractivity contribution in [2.75, 3.05) is 13.2 Å². The maximum atomic E-state index is 6.20. The van der Waals surface area contributed by atoms with Crippen molar-refractivity contribution in [3.8, 4) is 11.5 Å². The molecule has 0 saturated heterocycles. The van der Waals surface area contributed by atoms with E-state index in [1.807, 2.05) is 12.1 Å². The molecule has 0 N–H and O–H groups in total. The quantitative estimate of drug-likeness (QED) is 0.266. The van der Waals surface area contributed by atoms with Gasteiger partial charge in [-0.25, -0.2) is 0 Å². The van der Waals surface area contributed by atoms with Gasteiger partial charge in [0.15, 0.2) is 11.5 Å². The second-order valence-electron chi connectivity index (χ2n) is 6.16. The number of halogens is 2. The third-order valence-electron chi connectivity index (χ3n) is 4.12. The summed E-state index contributed by atoms with van der Waals surface area (Å²) < 4.78 is 14.2. The van der Waals surface area contributed by atoms with Gasteiger partial charge in [-0.1, -0.05) is 26.7 Å². The summed E-state index contributed by atoms with van der Waals surface area (Å²) in [7, 11) is 0. The van der Waals surface area contributed by atoms with Crippen molar-refractivity contribution in [2.24, 2.45) is 0 Å². The van der Waals surface area contributed by atoms with Gasteiger partial charge in [0.2, 0.25) is 0 Å². The fourth-order valence-corrected chi connectivity index (χ4v) is 3.43. The molecule has 0 unspecified atom stereocenters. The van der Waals surface area contributed by atoms with Crippen LogP contribution in [-0.4, -0.2) is 23.2 Å². The van der Waals surface area contributed by atoms with Crippen LogP contribution in [0.5, 0.6) is 11.5 Å². The highest BCUT2D eigenvalue weighted by atomic mass is 79.9. The molecule has 138 valence electrons. The number of fused-ring (bicyclic) bond motifs is 3. The van der Waals surface area contributed by atoms with E-state index in [-0.39, 0.29) is 0 Å². The Morgan fingerprint density at radius 3 is 1.58 bits per heavy atom. The van der Waals surface area contributed by atoms with Gasteiger partial charge >= 0.3 is 0 Å². The summed E-state index contributed by atoms with van der Waals surface area (Å²) in [6, 6.07) is 4.05. The van der Waals surface area contributed by atoms with Crippen LogP contribution in [0.3, 0.4) is 0 Å². The van der Waals surface area contributed by atoms with Crippen LogP contribution >= 0.6 is 31.9 Å². The van der Waals surface area contributed by atoms with Crippen molar-refractivity contribution >= 4 is 53.7 Å². The van der Waals surface area contributed by atoms with Crippen LogP contribution in [0.15, 0.2) is 33.5 Å². The van der Waals surface area contributed by atoms with Crippen LogP contribution in [0.4, 0.5) is 0 Å². The number of nitrogens with zero attached hydrogens (tertiary/aromatic N) is 2. The number of aromatic nitrogens is 2. The van der Waals surface area contributed by atoms with Crippen LogP contribution in [0, 0.1) is 0 Å². The van der Waals surface area contributed by atoms with Crippen LogP contribution in [0.2, 0.25) is 0 Å². The van der Waals surface area contributed by atoms with Gasteiger partial charge in [-0.05, 0) is 56.8 Å². The Labute approximate surface area is 170 Å². The van der Waals surface area contributed by atoms with E-state index in [1.165, 1.54) is 0 Å². The minimum absolute atomic E-state index is 0.648. The lowest BCUT2D eigenvalue weighted by molar-refractivity contribution is 0.267. The van der Waals surface area contributed by atoms with Crippen LogP contribution in [0.1, 0.15) is 39.5 Å². The molecule has 0 amide bonds. The minimum atomic E-state index is 0.648. The summed E-state index contributed by atoms with van der Waals surface area (Å²) in [4.78, 5) is 9.21. The van der Waals surface area contributed by atoms with Crippen molar-refractivity contribution in [3.05, 3.63) is 33.5 Å². The highest BCUT2D eigenvalue weighted by Crippen LogP contribution is 2.44. The molecule has 0 fully saturated rings. The normalized spacial score (nSPS) is 11.2. The topological polar surface area (TPSA) is 44.2 Å². The fraction of sp³-hybridized carbons (Fsp3) is 0.400. The minimum Gasteiger partial charge on any atom is -0.489 e. The van der Waals surface area contributed by atoms with Crippen molar-refractivity contribution in [2.45, 2.75) is 39.5 Å². The molecule has 3 aromatic rings. The van der Waals surface area contributed by atoms with E-state index < -0.39 is 0 Å². The Balaban J connectivity index is 2.26. The third-order valence-corrected chi connectivity index (χ3v) is 4.98. The number of rotatable bonds is 8. The van der Waals surface area contributed by atoms with Gasteiger partial charge in [0, 0.05) is 32.1 Å². The van der Waals surface area contributed by atoms with Gasteiger partial charge in [0.05, 0.1) is 13.2 Å². The van der Waals surface area contributed by atoms with Gasteiger partial charge in [0.25, 0.3) is 0 Å². The molecule has 0 aliphatic carbocycles. The van der Waals surface area contributed by atoms with E-state index in [9.17, 15) is 0 Å². The summed E-state index contributed by atoms with van der Waals surface area (Å²) in [6.45, 7) is 5.60. The largest absolute Gasteiger partial charge is 0.489 e. The molecule has 2 heterocycles. The Kier molecular flexibility index (Phi) is 6.70. The zero-order valence-electron chi connectivity index (χ0n) is 15.0. The maximum absolute atomic E-state index is 6.20. The Morgan fingerprint density at radius 1 is 0.769 bits per heavy atom. The first kappa shape index (κ1) is 19.4. The van der Waals surface area contributed by atoms with Crippen molar-refractivity contribution in [3.63, 3.8) is 0 Å². The van der Waals surface area contributed by atoms with E-state index in [4.69, 9.17) is 9.47 Å². The summed E-state index contributed by atoms with van der Waals surface area (Å²) in [5.74, 6) is 1.51. The van der Waals surface area contributed by atoms with E-state index in [0.29, 0.717) is 13.2 Å². The number of hydrogen-bond acceptors (Lipinski definition) is 4. The summed E-state index contributed by atoms with van der Waals surface area (Å²) in [6.07, 6.45) is 7.72. The van der Waals surface area contributed by atoms with E-state index in [2.05, 4.69) is 55.7 Å². The Morgan fingerprint density at radius 2 is 1.19 bits per heavy atom.